The van der Waals surface area contributed by atoms with Crippen molar-refractivity contribution in [3.63, 3.8) is 0 Å². The maximum Gasteiger partial charge on any atom is 1.00 e. The van der Waals surface area contributed by atoms with Crippen molar-refractivity contribution in [2.24, 2.45) is 0 Å². The van der Waals surface area contributed by atoms with Gasteiger partial charge in [-0.1, -0.05) is 54.6 Å². The summed E-state index contributed by atoms with van der Waals surface area (Å²) in [7, 11) is 0. The van der Waals surface area contributed by atoms with Crippen LogP contribution in [0.4, 0.5) is 0 Å². The molecular weight excluding hydrogens is 214 g/mol. The predicted octanol–water partition coefficient (Wildman–Crippen LogP) is 0.0704. The Morgan fingerprint density at radius 3 is 2.47 bits per heavy atom. The summed E-state index contributed by atoms with van der Waals surface area (Å²) in [5.74, 6) is 0.643. The molecule has 2 rings (SSSR count). The van der Waals surface area contributed by atoms with E-state index in [1.165, 1.54) is 16.7 Å². The van der Waals surface area contributed by atoms with Crippen molar-refractivity contribution in [3.8, 4) is 0 Å². The summed E-state index contributed by atoms with van der Waals surface area (Å²) in [4.78, 5) is 0. The Hall–Kier alpha value is -0.0152. The number of allylic oxidation sites excluding steroid dienone is 5. The molecule has 0 N–H and O–H groups in total. The van der Waals surface area contributed by atoms with Gasteiger partial charge in [-0.2, -0.15) is 0 Å². The minimum absolute atomic E-state index is 0. The van der Waals surface area contributed by atoms with E-state index in [1.807, 2.05) is 30.7 Å². The Bertz CT molecular complexity index is 447. The van der Waals surface area contributed by atoms with E-state index >= 15 is 0 Å². The summed E-state index contributed by atoms with van der Waals surface area (Å²) >= 11 is 5.13. The first-order valence-electron chi connectivity index (χ1n) is 4.90. The van der Waals surface area contributed by atoms with Crippen molar-refractivity contribution in [1.29, 1.82) is 0 Å². The molecule has 1 aliphatic carbocycles. The zero-order valence-corrected chi connectivity index (χ0v) is 11.3. The topological polar surface area (TPSA) is 0 Å². The smallest absolute Gasteiger partial charge is 0.788 e. The van der Waals surface area contributed by atoms with Crippen molar-refractivity contribution in [3.05, 3.63) is 72.2 Å². The van der Waals surface area contributed by atoms with Crippen LogP contribution in [0.15, 0.2) is 54.6 Å². The fourth-order valence-electron chi connectivity index (χ4n) is 1.69. The van der Waals surface area contributed by atoms with E-state index in [2.05, 4.69) is 24.8 Å². The largest absolute Gasteiger partial charge is 1.00 e. The normalized spacial score (nSPS) is 13.5. The fourth-order valence-corrected chi connectivity index (χ4v) is 1.94. The summed E-state index contributed by atoms with van der Waals surface area (Å²) in [6, 6.07) is 8.24. The van der Waals surface area contributed by atoms with E-state index in [0.717, 1.165) is 5.57 Å². The first-order chi connectivity index (χ1) is 7.33. The molecule has 0 saturated carbocycles. The summed E-state index contributed by atoms with van der Waals surface area (Å²) in [6.45, 7) is 4.04. The van der Waals surface area contributed by atoms with Crippen LogP contribution in [0.25, 0.3) is 5.57 Å². The molecule has 0 spiro atoms. The van der Waals surface area contributed by atoms with Crippen LogP contribution in [0.5, 0.6) is 0 Å². The zero-order valence-electron chi connectivity index (χ0n) is 10.4. The van der Waals surface area contributed by atoms with Crippen molar-refractivity contribution in [2.45, 2.75) is 5.75 Å². The molecule has 0 amide bonds. The molecule has 0 aliphatic heterocycles. The molecule has 0 atom stereocenters. The zero-order chi connectivity index (χ0) is 10.7. The molecule has 1 aliphatic rings. The van der Waals surface area contributed by atoms with E-state index in [4.69, 9.17) is 12.6 Å². The van der Waals surface area contributed by atoms with E-state index in [-0.39, 0.29) is 37.7 Å². The molecule has 0 bridgehead atoms. The molecular formula is C14H12Li2S. The van der Waals surface area contributed by atoms with Crippen LogP contribution >= 0.6 is 0 Å². The number of rotatable bonds is 2. The molecule has 0 unspecified atom stereocenters. The van der Waals surface area contributed by atoms with Gasteiger partial charge in [0.25, 0.3) is 0 Å². The van der Waals surface area contributed by atoms with Gasteiger partial charge in [0, 0.05) is 25.3 Å². The maximum absolute atomic E-state index is 5.13. The summed E-state index contributed by atoms with van der Waals surface area (Å²) in [5, 5.41) is 0. The van der Waals surface area contributed by atoms with Gasteiger partial charge < -0.3 is 12.6 Å². The molecule has 0 aromatic heterocycles. The van der Waals surface area contributed by atoms with Gasteiger partial charge in [0.2, 0.25) is 0 Å². The van der Waals surface area contributed by atoms with E-state index < -0.39 is 0 Å². The molecule has 1 aromatic rings. The van der Waals surface area contributed by atoms with Crippen LogP contribution in [0.1, 0.15) is 11.1 Å². The molecule has 0 saturated heterocycles. The standard InChI is InChI=1S/C14H13S.2Li/c1-11-6-2-4-8-13(11)14-9-5-3-7-12(14)10-15;;/h2-9,15H,1,10H2;;/q;;+1/p-1. The van der Waals surface area contributed by atoms with Crippen molar-refractivity contribution in [1.82, 2.24) is 0 Å². The van der Waals surface area contributed by atoms with Crippen molar-refractivity contribution < 1.29 is 18.9 Å². The summed E-state index contributed by atoms with van der Waals surface area (Å²) in [5.41, 5.74) is 4.63. The third-order valence-electron chi connectivity index (χ3n) is 2.48. The van der Waals surface area contributed by atoms with E-state index in [9.17, 15) is 0 Å². The second-order valence-corrected chi connectivity index (χ2v) is 3.75. The Morgan fingerprint density at radius 2 is 1.82 bits per heavy atom. The fraction of sp³-hybridized carbons (Fsp3) is 0.0714. The molecule has 1 aromatic carbocycles. The second-order valence-electron chi connectivity index (χ2n) is 3.46. The van der Waals surface area contributed by atoms with Crippen LogP contribution < -0.4 is 18.9 Å². The van der Waals surface area contributed by atoms with Gasteiger partial charge in [-0.15, -0.1) is 5.75 Å². The molecule has 0 heterocycles. The molecule has 0 nitrogen and oxygen atoms in total. The van der Waals surface area contributed by atoms with Crippen LogP contribution in [0.3, 0.4) is 0 Å². The van der Waals surface area contributed by atoms with Crippen LogP contribution in [-0.4, -0.2) is 18.9 Å². The average molecular weight is 226 g/mol. The van der Waals surface area contributed by atoms with Crippen LogP contribution in [0, 0.1) is 6.42 Å². The van der Waals surface area contributed by atoms with Crippen molar-refractivity contribution in [2.75, 3.05) is 0 Å². The Balaban J connectivity index is 0.00000128. The Kier molecular flexibility index (Phi) is 8.14. The van der Waals surface area contributed by atoms with Gasteiger partial charge in [-0.3, -0.25) is 0 Å². The molecule has 2 radical (unpaired) electrons. The third kappa shape index (κ3) is 3.99. The molecule has 0 fully saturated rings. The maximum atomic E-state index is 5.13. The quantitative estimate of drug-likeness (QED) is 0.508. The van der Waals surface area contributed by atoms with Gasteiger partial charge in [-0.05, 0) is 16.7 Å². The number of benzene rings is 1. The number of hydrogen-bond acceptors (Lipinski definition) is 1. The SMILES string of the molecule is C=C1[CH]C=CC=C1c1ccccc1C[S-].[Li+].[Li]. The van der Waals surface area contributed by atoms with E-state index in [1.54, 1.807) is 0 Å². The summed E-state index contributed by atoms with van der Waals surface area (Å²) in [6.07, 6.45) is 8.15. The van der Waals surface area contributed by atoms with Gasteiger partial charge in [0.1, 0.15) is 0 Å². The molecule has 76 valence electrons. The minimum Gasteiger partial charge on any atom is -0.788 e. The van der Waals surface area contributed by atoms with Crippen molar-refractivity contribution >= 4 is 37.1 Å². The van der Waals surface area contributed by atoms with Gasteiger partial charge in [0.15, 0.2) is 0 Å². The van der Waals surface area contributed by atoms with Gasteiger partial charge in [-0.25, -0.2) is 0 Å². The van der Waals surface area contributed by atoms with E-state index in [0.29, 0.717) is 5.75 Å². The second kappa shape index (κ2) is 8.15. The summed E-state index contributed by atoms with van der Waals surface area (Å²) < 4.78 is 0. The average Bonchev–Trinajstić information content (AvgIpc) is 2.30. The molecule has 3 heteroatoms. The number of hydrogen-bond donors (Lipinski definition) is 0. The predicted molar refractivity (Wildman–Crippen MR) is 73.8 cm³/mol. The van der Waals surface area contributed by atoms with Crippen LogP contribution in [-0.2, 0) is 18.4 Å². The molecule has 17 heavy (non-hydrogen) atoms. The third-order valence-corrected chi connectivity index (χ3v) is 2.79. The Morgan fingerprint density at radius 1 is 1.12 bits per heavy atom. The minimum atomic E-state index is 0. The van der Waals surface area contributed by atoms with Crippen LogP contribution in [0.2, 0.25) is 0 Å². The monoisotopic (exact) mass is 226 g/mol. The first kappa shape index (κ1) is 17.0. The van der Waals surface area contributed by atoms with Gasteiger partial charge >= 0.3 is 18.9 Å². The Labute approximate surface area is 133 Å². The van der Waals surface area contributed by atoms with Gasteiger partial charge in [0.05, 0.1) is 0 Å². The first-order valence-corrected chi connectivity index (χ1v) is 5.48.